The zero-order valence-electron chi connectivity index (χ0n) is 10.5. The summed E-state index contributed by atoms with van der Waals surface area (Å²) in [5.74, 6) is -0.248. The molecule has 0 saturated carbocycles. The van der Waals surface area contributed by atoms with Crippen LogP contribution < -0.4 is 11.1 Å². The second-order valence-corrected chi connectivity index (χ2v) is 4.66. The second kappa shape index (κ2) is 7.35. The maximum atomic E-state index is 11.6. The molecule has 0 spiro atoms. The van der Waals surface area contributed by atoms with Gasteiger partial charge in [0, 0.05) is 11.6 Å². The summed E-state index contributed by atoms with van der Waals surface area (Å²) in [5.41, 5.74) is 7.95. The van der Waals surface area contributed by atoms with Crippen LogP contribution in [-0.4, -0.2) is 32.8 Å². The third-order valence-corrected chi connectivity index (χ3v) is 2.82. The number of ether oxygens (including phenoxy) is 2. The van der Waals surface area contributed by atoms with Gasteiger partial charge in [0.25, 0.3) is 0 Å². The minimum atomic E-state index is -0.248. The average molecular weight is 317 g/mol. The summed E-state index contributed by atoms with van der Waals surface area (Å²) < 4.78 is 10.7. The van der Waals surface area contributed by atoms with Gasteiger partial charge in [-0.2, -0.15) is 0 Å². The predicted molar refractivity (Wildman–Crippen MR) is 74.6 cm³/mol. The van der Waals surface area contributed by atoms with E-state index in [1.165, 1.54) is 0 Å². The number of benzene rings is 1. The Morgan fingerprint density at radius 1 is 1.44 bits per heavy atom. The fourth-order valence-corrected chi connectivity index (χ4v) is 2.07. The Morgan fingerprint density at radius 2 is 2.17 bits per heavy atom. The number of methoxy groups -OCH3 is 1. The third kappa shape index (κ3) is 4.64. The van der Waals surface area contributed by atoms with Crippen molar-refractivity contribution in [3.05, 3.63) is 22.2 Å². The van der Waals surface area contributed by atoms with E-state index in [4.69, 9.17) is 15.2 Å². The minimum absolute atomic E-state index is 0.0247. The summed E-state index contributed by atoms with van der Waals surface area (Å²) in [6.45, 7) is 2.75. The van der Waals surface area contributed by atoms with Crippen molar-refractivity contribution in [1.82, 2.24) is 0 Å². The summed E-state index contributed by atoms with van der Waals surface area (Å²) in [4.78, 5) is 11.6. The van der Waals surface area contributed by atoms with Gasteiger partial charge in [0.2, 0.25) is 5.91 Å². The number of amides is 1. The highest BCUT2D eigenvalue weighted by molar-refractivity contribution is 9.10. The number of hydrogen-bond acceptors (Lipinski definition) is 4. The molecule has 0 heterocycles. The standard InChI is InChI=1S/C12H17BrN2O3/c1-8-5-9(13)12(10(14)6-8)15-11(16)7-18-4-3-17-2/h5-6H,3-4,7,14H2,1-2H3,(H,15,16). The monoisotopic (exact) mass is 316 g/mol. The topological polar surface area (TPSA) is 73.6 Å². The Kier molecular flexibility index (Phi) is 6.11. The first kappa shape index (κ1) is 14.9. The normalized spacial score (nSPS) is 10.4. The van der Waals surface area contributed by atoms with E-state index in [1.54, 1.807) is 13.2 Å². The molecule has 0 fully saturated rings. The van der Waals surface area contributed by atoms with Crippen LogP contribution in [0.25, 0.3) is 0 Å². The Labute approximate surface area is 115 Å². The van der Waals surface area contributed by atoms with E-state index >= 15 is 0 Å². The number of anilines is 2. The van der Waals surface area contributed by atoms with Crippen LogP contribution in [0, 0.1) is 6.92 Å². The van der Waals surface area contributed by atoms with Gasteiger partial charge in [0.05, 0.1) is 24.6 Å². The van der Waals surface area contributed by atoms with E-state index < -0.39 is 0 Å². The molecule has 0 saturated heterocycles. The van der Waals surface area contributed by atoms with Gasteiger partial charge < -0.3 is 20.5 Å². The van der Waals surface area contributed by atoms with Crippen molar-refractivity contribution in [3.8, 4) is 0 Å². The fourth-order valence-electron chi connectivity index (χ4n) is 1.38. The molecule has 0 atom stereocenters. The van der Waals surface area contributed by atoms with E-state index in [0.29, 0.717) is 24.6 Å². The van der Waals surface area contributed by atoms with Crippen molar-refractivity contribution in [2.75, 3.05) is 38.0 Å². The molecule has 0 unspecified atom stereocenters. The molecule has 5 nitrogen and oxygen atoms in total. The van der Waals surface area contributed by atoms with Crippen molar-refractivity contribution in [2.45, 2.75) is 6.92 Å². The molecular formula is C12H17BrN2O3. The number of nitrogen functional groups attached to an aromatic ring is 1. The number of rotatable bonds is 6. The molecule has 100 valence electrons. The van der Waals surface area contributed by atoms with Gasteiger partial charge in [0.15, 0.2) is 0 Å². The molecule has 0 radical (unpaired) electrons. The fraction of sp³-hybridized carbons (Fsp3) is 0.417. The second-order valence-electron chi connectivity index (χ2n) is 3.80. The molecule has 18 heavy (non-hydrogen) atoms. The quantitative estimate of drug-likeness (QED) is 0.621. The van der Waals surface area contributed by atoms with E-state index in [1.807, 2.05) is 13.0 Å². The van der Waals surface area contributed by atoms with Crippen molar-refractivity contribution in [1.29, 1.82) is 0 Å². The van der Waals surface area contributed by atoms with E-state index in [2.05, 4.69) is 21.2 Å². The zero-order chi connectivity index (χ0) is 13.5. The van der Waals surface area contributed by atoms with Crippen molar-refractivity contribution >= 4 is 33.2 Å². The van der Waals surface area contributed by atoms with E-state index in [0.717, 1.165) is 10.0 Å². The molecule has 0 aliphatic carbocycles. The summed E-state index contributed by atoms with van der Waals surface area (Å²) in [5, 5.41) is 2.71. The first-order valence-corrected chi connectivity index (χ1v) is 6.26. The smallest absolute Gasteiger partial charge is 0.250 e. The van der Waals surface area contributed by atoms with Crippen LogP contribution in [0.1, 0.15) is 5.56 Å². The van der Waals surface area contributed by atoms with Gasteiger partial charge in [-0.15, -0.1) is 0 Å². The van der Waals surface area contributed by atoms with Crippen LogP contribution in [0.5, 0.6) is 0 Å². The van der Waals surface area contributed by atoms with Crippen molar-refractivity contribution in [2.24, 2.45) is 0 Å². The van der Waals surface area contributed by atoms with Crippen LogP contribution in [0.15, 0.2) is 16.6 Å². The molecule has 0 aliphatic heterocycles. The Morgan fingerprint density at radius 3 is 2.78 bits per heavy atom. The number of carbonyl (C=O) groups is 1. The van der Waals surface area contributed by atoms with Crippen LogP contribution in [0.2, 0.25) is 0 Å². The first-order chi connectivity index (χ1) is 8.54. The Balaban J connectivity index is 2.54. The molecule has 6 heteroatoms. The van der Waals surface area contributed by atoms with Crippen LogP contribution in [-0.2, 0) is 14.3 Å². The molecular weight excluding hydrogens is 300 g/mol. The molecule has 1 rings (SSSR count). The Bertz CT molecular complexity index is 401. The van der Waals surface area contributed by atoms with Gasteiger partial charge in [-0.1, -0.05) is 0 Å². The van der Waals surface area contributed by atoms with Crippen LogP contribution in [0.4, 0.5) is 11.4 Å². The molecule has 1 aromatic carbocycles. The molecule has 0 bridgehead atoms. The first-order valence-electron chi connectivity index (χ1n) is 5.46. The highest BCUT2D eigenvalue weighted by atomic mass is 79.9. The number of nitrogens with two attached hydrogens (primary N) is 1. The molecule has 1 amide bonds. The van der Waals surface area contributed by atoms with Gasteiger partial charge >= 0.3 is 0 Å². The third-order valence-electron chi connectivity index (χ3n) is 2.19. The zero-order valence-corrected chi connectivity index (χ0v) is 12.0. The summed E-state index contributed by atoms with van der Waals surface area (Å²) in [6.07, 6.45) is 0. The van der Waals surface area contributed by atoms with Gasteiger partial charge in [-0.05, 0) is 40.5 Å². The average Bonchev–Trinajstić information content (AvgIpc) is 2.29. The molecule has 1 aromatic rings. The highest BCUT2D eigenvalue weighted by Crippen LogP contribution is 2.30. The maximum absolute atomic E-state index is 11.6. The number of hydrogen-bond donors (Lipinski definition) is 2. The van der Waals surface area contributed by atoms with Crippen LogP contribution in [0.3, 0.4) is 0 Å². The number of nitrogens with one attached hydrogen (secondary N) is 1. The summed E-state index contributed by atoms with van der Waals surface area (Å²) in [6, 6.07) is 3.68. The maximum Gasteiger partial charge on any atom is 0.250 e. The molecule has 3 N–H and O–H groups in total. The lowest BCUT2D eigenvalue weighted by Gasteiger charge is -2.11. The largest absolute Gasteiger partial charge is 0.397 e. The lowest BCUT2D eigenvalue weighted by Crippen LogP contribution is -2.20. The summed E-state index contributed by atoms with van der Waals surface area (Å²) in [7, 11) is 1.58. The SMILES string of the molecule is COCCOCC(=O)Nc1c(N)cc(C)cc1Br. The number of halogens is 1. The minimum Gasteiger partial charge on any atom is -0.397 e. The van der Waals surface area contributed by atoms with E-state index in [-0.39, 0.29) is 12.5 Å². The lowest BCUT2D eigenvalue weighted by atomic mass is 10.2. The number of aryl methyl sites for hydroxylation is 1. The molecule has 0 aliphatic rings. The van der Waals surface area contributed by atoms with Gasteiger partial charge in [0.1, 0.15) is 6.61 Å². The van der Waals surface area contributed by atoms with Gasteiger partial charge in [-0.25, -0.2) is 0 Å². The number of carbonyl (C=O) groups excluding carboxylic acids is 1. The van der Waals surface area contributed by atoms with Crippen molar-refractivity contribution < 1.29 is 14.3 Å². The van der Waals surface area contributed by atoms with Crippen molar-refractivity contribution in [3.63, 3.8) is 0 Å². The van der Waals surface area contributed by atoms with Crippen LogP contribution >= 0.6 is 15.9 Å². The summed E-state index contributed by atoms with van der Waals surface area (Å²) >= 11 is 3.36. The molecule has 0 aromatic heterocycles. The van der Waals surface area contributed by atoms with E-state index in [9.17, 15) is 4.79 Å². The van der Waals surface area contributed by atoms with Gasteiger partial charge in [-0.3, -0.25) is 4.79 Å². The Hall–Kier alpha value is -1.11. The lowest BCUT2D eigenvalue weighted by molar-refractivity contribution is -0.121. The highest BCUT2D eigenvalue weighted by Gasteiger charge is 2.09. The predicted octanol–water partition coefficient (Wildman–Crippen LogP) is 1.94.